The first-order chi connectivity index (χ1) is 15.4. The van der Waals surface area contributed by atoms with Crippen molar-refractivity contribution in [2.24, 2.45) is 0 Å². The number of hydrogen-bond acceptors (Lipinski definition) is 5. The molecule has 1 aliphatic rings. The van der Waals surface area contributed by atoms with Crippen LogP contribution in [0.15, 0.2) is 60.2 Å². The Kier molecular flexibility index (Phi) is 8.06. The molecule has 0 bridgehead atoms. The molecular formula is C26H31NO5. The van der Waals surface area contributed by atoms with Gasteiger partial charge in [0, 0.05) is 18.7 Å². The van der Waals surface area contributed by atoms with Crippen LogP contribution in [0.4, 0.5) is 0 Å². The Hall–Kier alpha value is -3.12. The van der Waals surface area contributed by atoms with E-state index in [-0.39, 0.29) is 17.4 Å². The first-order valence-electron chi connectivity index (χ1n) is 11.1. The van der Waals surface area contributed by atoms with Gasteiger partial charge >= 0.3 is 0 Å². The maximum Gasteiger partial charge on any atom is 0.295 e. The number of aliphatic hydroxyl groups is 1. The Morgan fingerprint density at radius 1 is 1.06 bits per heavy atom. The van der Waals surface area contributed by atoms with Gasteiger partial charge in [0.15, 0.2) is 0 Å². The van der Waals surface area contributed by atoms with Crippen molar-refractivity contribution in [2.45, 2.75) is 45.8 Å². The molecule has 1 N–H and O–H groups in total. The largest absolute Gasteiger partial charge is 0.507 e. The minimum atomic E-state index is -0.680. The molecule has 0 aliphatic carbocycles. The molecule has 6 heteroatoms. The highest BCUT2D eigenvalue weighted by Gasteiger charge is 2.45. The van der Waals surface area contributed by atoms with E-state index in [9.17, 15) is 14.7 Å². The first-order valence-corrected chi connectivity index (χ1v) is 11.1. The smallest absolute Gasteiger partial charge is 0.295 e. The number of hydrogen-bond donors (Lipinski definition) is 1. The van der Waals surface area contributed by atoms with Crippen LogP contribution in [-0.4, -0.2) is 47.6 Å². The molecule has 170 valence electrons. The third kappa shape index (κ3) is 5.37. The number of ether oxygens (including phenoxy) is 2. The minimum Gasteiger partial charge on any atom is -0.507 e. The molecule has 1 aliphatic heterocycles. The molecule has 0 radical (unpaired) electrons. The summed E-state index contributed by atoms with van der Waals surface area (Å²) in [7, 11) is 0. The summed E-state index contributed by atoms with van der Waals surface area (Å²) >= 11 is 0. The van der Waals surface area contributed by atoms with Gasteiger partial charge in [0.2, 0.25) is 0 Å². The third-order valence-corrected chi connectivity index (χ3v) is 5.23. The maximum atomic E-state index is 13.0. The number of Topliss-reactive ketones (excluding diaryl/α,β-unsaturated/α-hetero) is 1. The van der Waals surface area contributed by atoms with Crippen LogP contribution in [-0.2, 0) is 14.3 Å². The minimum absolute atomic E-state index is 0.0949. The van der Waals surface area contributed by atoms with Crippen molar-refractivity contribution in [3.05, 3.63) is 71.3 Å². The van der Waals surface area contributed by atoms with E-state index in [1.807, 2.05) is 51.1 Å². The van der Waals surface area contributed by atoms with Crippen LogP contribution >= 0.6 is 0 Å². The fraction of sp³-hybridized carbons (Fsp3) is 0.385. The molecule has 1 atom stereocenters. The summed E-state index contributed by atoms with van der Waals surface area (Å²) in [4.78, 5) is 27.5. The lowest BCUT2D eigenvalue weighted by atomic mass is 9.95. The fourth-order valence-corrected chi connectivity index (χ4v) is 3.76. The molecule has 1 fully saturated rings. The number of carbonyl (C=O) groups excluding carboxylic acids is 2. The molecule has 1 amide bonds. The van der Waals surface area contributed by atoms with Crippen LogP contribution in [0.5, 0.6) is 5.75 Å². The second kappa shape index (κ2) is 11.0. The summed E-state index contributed by atoms with van der Waals surface area (Å²) in [5, 5.41) is 11.2. The van der Waals surface area contributed by atoms with Crippen molar-refractivity contribution in [1.29, 1.82) is 0 Å². The molecule has 2 aromatic rings. The number of benzene rings is 2. The predicted molar refractivity (Wildman–Crippen MR) is 123 cm³/mol. The SMILES string of the molecule is CCCOc1cccc(/C(O)=C2/C(=O)C(=O)N(CCCOC(C)C)C2c2ccccc2)c1. The van der Waals surface area contributed by atoms with Gasteiger partial charge in [-0.15, -0.1) is 0 Å². The quantitative estimate of drug-likeness (QED) is 0.252. The Labute approximate surface area is 189 Å². The summed E-state index contributed by atoms with van der Waals surface area (Å²) in [5.41, 5.74) is 1.32. The number of rotatable bonds is 10. The van der Waals surface area contributed by atoms with E-state index in [1.165, 1.54) is 4.90 Å². The van der Waals surface area contributed by atoms with Gasteiger partial charge in [-0.25, -0.2) is 0 Å². The van der Waals surface area contributed by atoms with E-state index < -0.39 is 17.7 Å². The summed E-state index contributed by atoms with van der Waals surface area (Å²) in [6.07, 6.45) is 1.54. The van der Waals surface area contributed by atoms with E-state index in [0.717, 1.165) is 12.0 Å². The molecule has 32 heavy (non-hydrogen) atoms. The van der Waals surface area contributed by atoms with Crippen molar-refractivity contribution in [2.75, 3.05) is 19.8 Å². The van der Waals surface area contributed by atoms with Crippen LogP contribution in [0, 0.1) is 0 Å². The van der Waals surface area contributed by atoms with Gasteiger partial charge in [-0.05, 0) is 44.4 Å². The molecule has 0 saturated carbocycles. The average Bonchev–Trinajstić information content (AvgIpc) is 3.05. The van der Waals surface area contributed by atoms with Gasteiger partial charge in [0.25, 0.3) is 11.7 Å². The lowest BCUT2D eigenvalue weighted by Crippen LogP contribution is -2.31. The summed E-state index contributed by atoms with van der Waals surface area (Å²) < 4.78 is 11.3. The molecule has 3 rings (SSSR count). The highest BCUT2D eigenvalue weighted by atomic mass is 16.5. The lowest BCUT2D eigenvalue weighted by molar-refractivity contribution is -0.140. The molecule has 6 nitrogen and oxygen atoms in total. The van der Waals surface area contributed by atoms with Gasteiger partial charge in [-0.2, -0.15) is 0 Å². The van der Waals surface area contributed by atoms with Crippen molar-refractivity contribution in [3.63, 3.8) is 0 Å². The normalized spacial score (nSPS) is 17.9. The van der Waals surface area contributed by atoms with Gasteiger partial charge in [0.05, 0.1) is 24.3 Å². The number of amides is 1. The first kappa shape index (κ1) is 23.5. The second-order valence-electron chi connectivity index (χ2n) is 8.05. The van der Waals surface area contributed by atoms with Crippen LogP contribution in [0.1, 0.15) is 50.8 Å². The van der Waals surface area contributed by atoms with E-state index in [2.05, 4.69) is 0 Å². The number of ketones is 1. The maximum absolute atomic E-state index is 13.0. The summed E-state index contributed by atoms with van der Waals surface area (Å²) in [6, 6.07) is 15.6. The number of aliphatic hydroxyl groups excluding tert-OH is 1. The Morgan fingerprint density at radius 3 is 2.50 bits per heavy atom. The lowest BCUT2D eigenvalue weighted by Gasteiger charge is -2.25. The monoisotopic (exact) mass is 437 g/mol. The van der Waals surface area contributed by atoms with Gasteiger partial charge in [0.1, 0.15) is 11.5 Å². The zero-order valence-corrected chi connectivity index (χ0v) is 18.9. The highest BCUT2D eigenvalue weighted by Crippen LogP contribution is 2.39. The van der Waals surface area contributed by atoms with Gasteiger partial charge in [-0.3, -0.25) is 9.59 Å². The van der Waals surface area contributed by atoms with E-state index in [4.69, 9.17) is 9.47 Å². The van der Waals surface area contributed by atoms with Gasteiger partial charge < -0.3 is 19.5 Å². The molecule has 1 saturated heterocycles. The van der Waals surface area contributed by atoms with Crippen molar-refractivity contribution in [3.8, 4) is 5.75 Å². The fourth-order valence-electron chi connectivity index (χ4n) is 3.76. The Bertz CT molecular complexity index is 967. The van der Waals surface area contributed by atoms with Crippen LogP contribution in [0.2, 0.25) is 0 Å². The van der Waals surface area contributed by atoms with E-state index >= 15 is 0 Å². The summed E-state index contributed by atoms with van der Waals surface area (Å²) in [5.74, 6) is -0.878. The number of carbonyl (C=O) groups is 2. The standard InChI is InChI=1S/C26H31NO5/c1-4-15-32-21-13-8-12-20(17-21)24(28)22-23(19-10-6-5-7-11-19)27(26(30)25(22)29)14-9-16-31-18(2)3/h5-8,10-13,17-18,23,28H,4,9,14-16H2,1-3H3/b24-22-. The summed E-state index contributed by atoms with van der Waals surface area (Å²) in [6.45, 7) is 7.31. The number of nitrogens with zero attached hydrogens (tertiary/aromatic N) is 1. The number of likely N-dealkylation sites (tertiary alicyclic amines) is 1. The predicted octanol–water partition coefficient (Wildman–Crippen LogP) is 4.71. The van der Waals surface area contributed by atoms with E-state index in [0.29, 0.717) is 37.5 Å². The zero-order chi connectivity index (χ0) is 23.1. The molecular weight excluding hydrogens is 406 g/mol. The topological polar surface area (TPSA) is 76.1 Å². The van der Waals surface area contributed by atoms with Crippen LogP contribution in [0.3, 0.4) is 0 Å². The highest BCUT2D eigenvalue weighted by molar-refractivity contribution is 6.46. The van der Waals surface area contributed by atoms with Crippen LogP contribution in [0.25, 0.3) is 5.76 Å². The Balaban J connectivity index is 1.98. The zero-order valence-electron chi connectivity index (χ0n) is 18.9. The van der Waals surface area contributed by atoms with E-state index in [1.54, 1.807) is 24.3 Å². The molecule has 0 aromatic heterocycles. The third-order valence-electron chi connectivity index (χ3n) is 5.23. The molecule has 0 spiro atoms. The van der Waals surface area contributed by atoms with Crippen LogP contribution < -0.4 is 4.74 Å². The van der Waals surface area contributed by atoms with Crippen molar-refractivity contribution < 1.29 is 24.2 Å². The van der Waals surface area contributed by atoms with Crippen molar-refractivity contribution >= 4 is 17.4 Å². The van der Waals surface area contributed by atoms with Crippen molar-refractivity contribution in [1.82, 2.24) is 4.90 Å². The second-order valence-corrected chi connectivity index (χ2v) is 8.05. The average molecular weight is 438 g/mol. The molecule has 2 aromatic carbocycles. The Morgan fingerprint density at radius 2 is 1.81 bits per heavy atom. The molecule has 1 unspecified atom stereocenters. The van der Waals surface area contributed by atoms with Gasteiger partial charge in [-0.1, -0.05) is 49.4 Å². The molecule has 1 heterocycles.